The molecular weight excluding hydrogens is 456 g/mol. The van der Waals surface area contributed by atoms with E-state index in [9.17, 15) is 4.79 Å². The van der Waals surface area contributed by atoms with E-state index in [1.54, 1.807) is 18.5 Å². The summed E-state index contributed by atoms with van der Waals surface area (Å²) >= 11 is 7.50. The van der Waals surface area contributed by atoms with Gasteiger partial charge < -0.3 is 4.57 Å². The molecule has 0 spiro atoms. The number of aliphatic imine (C=N–C) groups is 1. The molecule has 5 rings (SSSR count). The Balaban J connectivity index is 1.54. The summed E-state index contributed by atoms with van der Waals surface area (Å²) in [5.41, 5.74) is 5.84. The summed E-state index contributed by atoms with van der Waals surface area (Å²) in [6, 6.07) is 11.5. The standard InChI is InChI=1S/C24H19ClN6OS/c1-13-6-7-18(25)11-20(13)30-14(2)9-17(15(30)3)10-19-21(26)31-24(28-22(19)32)33-23(29-31)16-5-4-8-27-12-16/h4-12,26H,1-3H3. The number of halogens is 1. The molecule has 4 heterocycles. The molecular formula is C24H19ClN6OS. The second-order valence-corrected chi connectivity index (χ2v) is 9.15. The van der Waals surface area contributed by atoms with Crippen LogP contribution < -0.4 is 0 Å². The molecule has 0 unspecified atom stereocenters. The summed E-state index contributed by atoms with van der Waals surface area (Å²) in [6.45, 7) is 6.01. The van der Waals surface area contributed by atoms with Crippen LogP contribution in [0.15, 0.2) is 64.5 Å². The fraction of sp³-hybridized carbons (Fsp3) is 0.125. The minimum atomic E-state index is -0.454. The number of amides is 1. The molecule has 0 radical (unpaired) electrons. The molecule has 33 heavy (non-hydrogen) atoms. The first-order valence-electron chi connectivity index (χ1n) is 10.2. The SMILES string of the molecule is Cc1ccc(Cl)cc1-n1c(C)cc(C=C2C(=N)N3N=C(c4cccnc4)SC3=NC2=O)c1C. The van der Waals surface area contributed by atoms with Gasteiger partial charge in [-0.3, -0.25) is 15.2 Å². The van der Waals surface area contributed by atoms with Crippen LogP contribution in [0.2, 0.25) is 5.02 Å². The van der Waals surface area contributed by atoms with Gasteiger partial charge in [0.15, 0.2) is 5.84 Å². The predicted molar refractivity (Wildman–Crippen MR) is 133 cm³/mol. The van der Waals surface area contributed by atoms with Gasteiger partial charge in [-0.2, -0.15) is 15.1 Å². The Bertz CT molecular complexity index is 1420. The average molecular weight is 475 g/mol. The number of hydrogen-bond acceptors (Lipinski definition) is 5. The number of aromatic nitrogens is 2. The van der Waals surface area contributed by atoms with Crippen LogP contribution in [0.1, 0.15) is 28.1 Å². The monoisotopic (exact) mass is 474 g/mol. The number of aryl methyl sites for hydroxylation is 2. The highest BCUT2D eigenvalue weighted by molar-refractivity contribution is 8.27. The molecule has 0 atom stereocenters. The van der Waals surface area contributed by atoms with Gasteiger partial charge in [0, 0.05) is 40.1 Å². The molecule has 1 amide bonds. The predicted octanol–water partition coefficient (Wildman–Crippen LogP) is 5.12. The lowest BCUT2D eigenvalue weighted by molar-refractivity contribution is -0.114. The van der Waals surface area contributed by atoms with Crippen LogP contribution in [0.3, 0.4) is 0 Å². The molecule has 9 heteroatoms. The number of rotatable bonds is 3. The number of benzene rings is 1. The Morgan fingerprint density at radius 2 is 1.97 bits per heavy atom. The first-order valence-corrected chi connectivity index (χ1v) is 11.4. The molecule has 0 bridgehead atoms. The third kappa shape index (κ3) is 3.71. The van der Waals surface area contributed by atoms with Crippen LogP contribution in [-0.2, 0) is 4.79 Å². The molecule has 0 saturated carbocycles. The summed E-state index contributed by atoms with van der Waals surface area (Å²) in [4.78, 5) is 21.1. The lowest BCUT2D eigenvalue weighted by Crippen LogP contribution is -2.35. The van der Waals surface area contributed by atoms with E-state index in [0.29, 0.717) is 15.2 Å². The van der Waals surface area contributed by atoms with Crippen molar-refractivity contribution in [3.8, 4) is 5.69 Å². The van der Waals surface area contributed by atoms with Crippen molar-refractivity contribution < 1.29 is 4.79 Å². The molecule has 164 valence electrons. The summed E-state index contributed by atoms with van der Waals surface area (Å²) in [7, 11) is 0. The van der Waals surface area contributed by atoms with Crippen molar-refractivity contribution in [1.82, 2.24) is 14.6 Å². The quantitative estimate of drug-likeness (QED) is 0.534. The lowest BCUT2D eigenvalue weighted by atomic mass is 10.1. The minimum absolute atomic E-state index is 0.000120. The van der Waals surface area contributed by atoms with Crippen molar-refractivity contribution in [2.24, 2.45) is 10.1 Å². The number of thioether (sulfide) groups is 1. The van der Waals surface area contributed by atoms with Gasteiger partial charge in [0.2, 0.25) is 5.17 Å². The van der Waals surface area contributed by atoms with Gasteiger partial charge in [-0.05, 0) is 80.1 Å². The summed E-state index contributed by atoms with van der Waals surface area (Å²) in [6.07, 6.45) is 5.09. The average Bonchev–Trinajstić information content (AvgIpc) is 3.34. The van der Waals surface area contributed by atoms with Crippen LogP contribution in [0, 0.1) is 26.2 Å². The van der Waals surface area contributed by atoms with Crippen LogP contribution in [0.5, 0.6) is 0 Å². The van der Waals surface area contributed by atoms with Crippen LogP contribution in [0.25, 0.3) is 11.8 Å². The van der Waals surface area contributed by atoms with Crippen molar-refractivity contribution in [2.45, 2.75) is 20.8 Å². The number of amidine groups is 2. The maximum Gasteiger partial charge on any atom is 0.283 e. The van der Waals surface area contributed by atoms with Crippen molar-refractivity contribution in [3.63, 3.8) is 0 Å². The Morgan fingerprint density at radius 1 is 1.15 bits per heavy atom. The highest BCUT2D eigenvalue weighted by Gasteiger charge is 2.36. The maximum absolute atomic E-state index is 12.8. The Hall–Kier alpha value is -3.49. The molecule has 1 aromatic carbocycles. The number of nitrogens with one attached hydrogen (secondary N) is 1. The number of hydrazone groups is 1. The molecule has 3 aromatic rings. The van der Waals surface area contributed by atoms with Crippen molar-refractivity contribution in [1.29, 1.82) is 5.41 Å². The zero-order chi connectivity index (χ0) is 23.3. The molecule has 2 aliphatic rings. The largest absolute Gasteiger partial charge is 0.318 e. The fourth-order valence-electron chi connectivity index (χ4n) is 3.88. The second-order valence-electron chi connectivity index (χ2n) is 7.76. The highest BCUT2D eigenvalue weighted by Crippen LogP contribution is 2.32. The Kier molecular flexibility index (Phi) is 5.26. The van der Waals surface area contributed by atoms with E-state index >= 15 is 0 Å². The van der Waals surface area contributed by atoms with Gasteiger partial charge in [-0.1, -0.05) is 17.7 Å². The van der Waals surface area contributed by atoms with Crippen LogP contribution >= 0.6 is 23.4 Å². The number of fused-ring (bicyclic) bond motifs is 1. The van der Waals surface area contributed by atoms with E-state index in [0.717, 1.165) is 33.8 Å². The van der Waals surface area contributed by atoms with Crippen molar-refractivity contribution in [3.05, 3.63) is 87.5 Å². The lowest BCUT2D eigenvalue weighted by Gasteiger charge is -2.20. The Labute approximate surface area is 200 Å². The van der Waals surface area contributed by atoms with E-state index in [4.69, 9.17) is 17.0 Å². The zero-order valence-corrected chi connectivity index (χ0v) is 19.7. The molecule has 2 aliphatic heterocycles. The van der Waals surface area contributed by atoms with Crippen LogP contribution in [-0.4, -0.2) is 36.5 Å². The van der Waals surface area contributed by atoms with Gasteiger partial charge in [0.25, 0.3) is 5.91 Å². The molecule has 0 aliphatic carbocycles. The fourth-order valence-corrected chi connectivity index (χ4v) is 4.93. The van der Waals surface area contributed by atoms with Gasteiger partial charge >= 0.3 is 0 Å². The number of nitrogens with zero attached hydrogens (tertiary/aromatic N) is 5. The van der Waals surface area contributed by atoms with Crippen molar-refractivity contribution in [2.75, 3.05) is 0 Å². The second kappa shape index (κ2) is 8.13. The highest BCUT2D eigenvalue weighted by atomic mass is 35.5. The number of carbonyl (C=O) groups excluding carboxylic acids is 1. The van der Waals surface area contributed by atoms with Gasteiger partial charge in [-0.15, -0.1) is 0 Å². The summed E-state index contributed by atoms with van der Waals surface area (Å²) < 4.78 is 2.10. The first-order chi connectivity index (χ1) is 15.8. The third-order valence-electron chi connectivity index (χ3n) is 5.55. The summed E-state index contributed by atoms with van der Waals surface area (Å²) in [5.74, 6) is -0.453. The molecule has 7 nitrogen and oxygen atoms in total. The third-order valence-corrected chi connectivity index (χ3v) is 6.74. The van der Waals surface area contributed by atoms with E-state index in [2.05, 4.69) is 19.6 Å². The Morgan fingerprint density at radius 3 is 2.73 bits per heavy atom. The van der Waals surface area contributed by atoms with Gasteiger partial charge in [0.1, 0.15) is 5.04 Å². The van der Waals surface area contributed by atoms with Crippen molar-refractivity contribution >= 4 is 51.4 Å². The van der Waals surface area contributed by atoms with E-state index < -0.39 is 5.91 Å². The normalized spacial score (nSPS) is 16.8. The minimum Gasteiger partial charge on any atom is -0.318 e. The number of hydrogen-bond donors (Lipinski definition) is 1. The topological polar surface area (TPSA) is 86.7 Å². The molecule has 0 saturated heterocycles. The van der Waals surface area contributed by atoms with Gasteiger partial charge in [-0.25, -0.2) is 0 Å². The molecule has 2 aromatic heterocycles. The summed E-state index contributed by atoms with van der Waals surface area (Å²) in [5, 5.41) is 16.2. The maximum atomic E-state index is 12.8. The number of carbonyl (C=O) groups is 1. The van der Waals surface area contributed by atoms with Gasteiger partial charge in [0.05, 0.1) is 5.57 Å². The van der Waals surface area contributed by atoms with E-state index in [1.807, 2.05) is 57.2 Å². The first kappa shape index (κ1) is 21.4. The zero-order valence-electron chi connectivity index (χ0n) is 18.1. The van der Waals surface area contributed by atoms with Crippen LogP contribution in [0.4, 0.5) is 0 Å². The number of pyridine rings is 1. The van der Waals surface area contributed by atoms with E-state index in [-0.39, 0.29) is 11.4 Å². The molecule has 1 N–H and O–H groups in total. The molecule has 0 fully saturated rings. The van der Waals surface area contributed by atoms with E-state index in [1.165, 1.54) is 16.8 Å². The smallest absolute Gasteiger partial charge is 0.283 e.